The first-order chi connectivity index (χ1) is 11.1. The van der Waals surface area contributed by atoms with E-state index in [9.17, 15) is 13.2 Å². The van der Waals surface area contributed by atoms with E-state index >= 15 is 0 Å². The van der Waals surface area contributed by atoms with Gasteiger partial charge >= 0.3 is 6.03 Å². The number of urea groups is 1. The summed E-state index contributed by atoms with van der Waals surface area (Å²) in [7, 11) is 0.459. The van der Waals surface area contributed by atoms with Gasteiger partial charge in [-0.3, -0.25) is 0 Å². The highest BCUT2D eigenvalue weighted by Crippen LogP contribution is 2.13. The molecule has 0 aliphatic heterocycles. The Kier molecular flexibility index (Phi) is 7.69. The molecule has 0 bridgehead atoms. The molecule has 0 aliphatic rings. The number of nitrogens with zero attached hydrogens (tertiary/aromatic N) is 2. The van der Waals surface area contributed by atoms with Crippen molar-refractivity contribution in [3.63, 3.8) is 0 Å². The third kappa shape index (κ3) is 6.49. The van der Waals surface area contributed by atoms with Gasteiger partial charge in [0, 0.05) is 25.7 Å². The molecule has 0 radical (unpaired) electrons. The molecule has 1 N–H and O–H groups in total. The van der Waals surface area contributed by atoms with Gasteiger partial charge in [-0.15, -0.1) is 0 Å². The number of benzene rings is 1. The van der Waals surface area contributed by atoms with E-state index in [1.165, 1.54) is 0 Å². The second-order valence-electron chi connectivity index (χ2n) is 6.45. The number of hydrogen-bond donors (Lipinski definition) is 1. The monoisotopic (exact) mass is 355 g/mol. The van der Waals surface area contributed by atoms with Crippen LogP contribution in [0.15, 0.2) is 29.2 Å². The van der Waals surface area contributed by atoms with E-state index in [-0.39, 0.29) is 24.4 Å². The van der Waals surface area contributed by atoms with E-state index in [1.54, 1.807) is 29.2 Å². The van der Waals surface area contributed by atoms with Crippen molar-refractivity contribution in [2.45, 2.75) is 31.7 Å². The molecule has 7 heteroatoms. The fourth-order valence-corrected chi connectivity index (χ4v) is 3.39. The quantitative estimate of drug-likeness (QED) is 0.771. The molecule has 136 valence electrons. The summed E-state index contributed by atoms with van der Waals surface area (Å²) in [4.78, 5) is 16.1. The standard InChI is InChI=1S/C17H29N3O3S/c1-14(2)20(17(21)18-10-11-19(4)5)12-13-24(22,23)16-8-6-15(3)7-9-16/h6-9,14H,10-13H2,1-5H3,(H,18,21). The molecule has 0 spiro atoms. The summed E-state index contributed by atoms with van der Waals surface area (Å²) in [5.41, 5.74) is 1.01. The Morgan fingerprint density at radius 3 is 2.21 bits per heavy atom. The summed E-state index contributed by atoms with van der Waals surface area (Å²) in [5.74, 6) is -0.0880. The normalized spacial score (nSPS) is 11.8. The van der Waals surface area contributed by atoms with Crippen LogP contribution in [0.25, 0.3) is 0 Å². The molecule has 24 heavy (non-hydrogen) atoms. The maximum absolute atomic E-state index is 12.4. The van der Waals surface area contributed by atoms with Crippen LogP contribution in [0.4, 0.5) is 4.79 Å². The van der Waals surface area contributed by atoms with Gasteiger partial charge in [0.25, 0.3) is 0 Å². The topological polar surface area (TPSA) is 69.7 Å². The van der Waals surface area contributed by atoms with Gasteiger partial charge in [-0.05, 0) is 47.0 Å². The lowest BCUT2D eigenvalue weighted by molar-refractivity contribution is 0.186. The van der Waals surface area contributed by atoms with E-state index in [2.05, 4.69) is 5.32 Å². The molecule has 0 saturated heterocycles. The van der Waals surface area contributed by atoms with Crippen molar-refractivity contribution in [2.75, 3.05) is 39.5 Å². The van der Waals surface area contributed by atoms with Gasteiger partial charge in [-0.2, -0.15) is 0 Å². The largest absolute Gasteiger partial charge is 0.337 e. The molecule has 0 saturated carbocycles. The average Bonchev–Trinajstić information content (AvgIpc) is 2.47. The van der Waals surface area contributed by atoms with E-state index in [0.29, 0.717) is 11.4 Å². The van der Waals surface area contributed by atoms with Gasteiger partial charge in [0.2, 0.25) is 0 Å². The first-order valence-electron chi connectivity index (χ1n) is 8.12. The average molecular weight is 356 g/mol. The summed E-state index contributed by atoms with van der Waals surface area (Å²) < 4.78 is 24.9. The number of rotatable bonds is 8. The van der Waals surface area contributed by atoms with Crippen molar-refractivity contribution in [1.29, 1.82) is 0 Å². The highest BCUT2D eigenvalue weighted by molar-refractivity contribution is 7.91. The molecule has 1 aromatic rings. The number of hydrogen-bond acceptors (Lipinski definition) is 4. The molecule has 0 atom stereocenters. The zero-order valence-corrected chi connectivity index (χ0v) is 16.1. The minimum absolute atomic E-state index is 0.0717. The lowest BCUT2D eigenvalue weighted by atomic mass is 10.2. The zero-order valence-electron chi connectivity index (χ0n) is 15.2. The molecular weight excluding hydrogens is 326 g/mol. The number of carbonyl (C=O) groups excluding carboxylic acids is 1. The maximum Gasteiger partial charge on any atom is 0.317 e. The second kappa shape index (κ2) is 9.03. The molecule has 0 heterocycles. The van der Waals surface area contributed by atoms with Crippen molar-refractivity contribution < 1.29 is 13.2 Å². The minimum atomic E-state index is -3.40. The number of amides is 2. The van der Waals surface area contributed by atoms with E-state index in [4.69, 9.17) is 0 Å². The molecule has 2 amide bonds. The first kappa shape index (κ1) is 20.4. The molecule has 0 fully saturated rings. The molecule has 0 aromatic heterocycles. The summed E-state index contributed by atoms with van der Waals surface area (Å²) in [6.45, 7) is 7.10. The summed E-state index contributed by atoms with van der Waals surface area (Å²) in [6.07, 6.45) is 0. The number of carbonyl (C=O) groups is 1. The third-order valence-electron chi connectivity index (χ3n) is 3.70. The van der Waals surface area contributed by atoms with Gasteiger partial charge in [0.15, 0.2) is 9.84 Å². The van der Waals surface area contributed by atoms with Crippen LogP contribution in [0.1, 0.15) is 19.4 Å². The van der Waals surface area contributed by atoms with Gasteiger partial charge in [-0.1, -0.05) is 17.7 Å². The van der Waals surface area contributed by atoms with Gasteiger partial charge in [0.05, 0.1) is 10.6 Å². The summed E-state index contributed by atoms with van der Waals surface area (Å²) >= 11 is 0. The van der Waals surface area contributed by atoms with Crippen molar-refractivity contribution >= 4 is 15.9 Å². The highest BCUT2D eigenvalue weighted by Gasteiger charge is 2.21. The summed E-state index contributed by atoms with van der Waals surface area (Å²) in [5, 5.41) is 2.83. The molecule has 0 unspecified atom stereocenters. The smallest absolute Gasteiger partial charge is 0.317 e. The van der Waals surface area contributed by atoms with Gasteiger partial charge in [-0.25, -0.2) is 13.2 Å². The SMILES string of the molecule is Cc1ccc(S(=O)(=O)CCN(C(=O)NCCN(C)C)C(C)C)cc1. The number of nitrogens with one attached hydrogen (secondary N) is 1. The number of sulfone groups is 1. The van der Waals surface area contributed by atoms with Crippen molar-refractivity contribution in [3.8, 4) is 0 Å². The van der Waals surface area contributed by atoms with Gasteiger partial charge < -0.3 is 15.1 Å². The van der Waals surface area contributed by atoms with E-state index < -0.39 is 9.84 Å². The molecule has 0 aliphatic carbocycles. The Morgan fingerprint density at radius 1 is 1.12 bits per heavy atom. The first-order valence-corrected chi connectivity index (χ1v) is 9.77. The van der Waals surface area contributed by atoms with Crippen LogP contribution in [0.2, 0.25) is 0 Å². The Labute approximate surface area is 145 Å². The molecular formula is C17H29N3O3S. The van der Waals surface area contributed by atoms with Gasteiger partial charge in [0.1, 0.15) is 0 Å². The van der Waals surface area contributed by atoms with Crippen molar-refractivity contribution in [2.24, 2.45) is 0 Å². The zero-order chi connectivity index (χ0) is 18.3. The predicted molar refractivity (Wildman–Crippen MR) is 97.0 cm³/mol. The Hall–Kier alpha value is -1.60. The fourth-order valence-electron chi connectivity index (χ4n) is 2.16. The lowest BCUT2D eigenvalue weighted by Crippen LogP contribution is -2.47. The second-order valence-corrected chi connectivity index (χ2v) is 8.56. The summed E-state index contributed by atoms with van der Waals surface area (Å²) in [6, 6.07) is 6.48. The van der Waals surface area contributed by atoms with E-state index in [1.807, 2.05) is 39.8 Å². The molecule has 1 rings (SSSR count). The Morgan fingerprint density at radius 2 is 1.71 bits per heavy atom. The predicted octanol–water partition coefficient (Wildman–Crippen LogP) is 1.75. The van der Waals surface area contributed by atoms with Crippen LogP contribution >= 0.6 is 0 Å². The van der Waals surface area contributed by atoms with Crippen molar-refractivity contribution in [3.05, 3.63) is 29.8 Å². The van der Waals surface area contributed by atoms with E-state index in [0.717, 1.165) is 12.1 Å². The Bertz CT molecular complexity index is 625. The highest BCUT2D eigenvalue weighted by atomic mass is 32.2. The van der Waals surface area contributed by atoms with Crippen LogP contribution < -0.4 is 5.32 Å². The molecule has 1 aromatic carbocycles. The lowest BCUT2D eigenvalue weighted by Gasteiger charge is -2.27. The number of likely N-dealkylation sites (N-methyl/N-ethyl adjacent to an activating group) is 1. The van der Waals surface area contributed by atoms with Crippen LogP contribution in [-0.2, 0) is 9.84 Å². The van der Waals surface area contributed by atoms with Crippen LogP contribution in [0, 0.1) is 6.92 Å². The number of aryl methyl sites for hydroxylation is 1. The Balaban J connectivity index is 2.68. The maximum atomic E-state index is 12.4. The van der Waals surface area contributed by atoms with Crippen LogP contribution in [0.5, 0.6) is 0 Å². The fraction of sp³-hybridized carbons (Fsp3) is 0.588. The van der Waals surface area contributed by atoms with Crippen LogP contribution in [-0.4, -0.2) is 69.8 Å². The third-order valence-corrected chi connectivity index (χ3v) is 5.41. The molecule has 6 nitrogen and oxygen atoms in total. The minimum Gasteiger partial charge on any atom is -0.337 e. The van der Waals surface area contributed by atoms with Crippen LogP contribution in [0.3, 0.4) is 0 Å². The van der Waals surface area contributed by atoms with Crippen molar-refractivity contribution in [1.82, 2.24) is 15.1 Å².